The molecule has 2 aromatic heterocycles. The van der Waals surface area contributed by atoms with Gasteiger partial charge in [-0.25, -0.2) is 4.98 Å². The van der Waals surface area contributed by atoms with E-state index in [9.17, 15) is 0 Å². The van der Waals surface area contributed by atoms with E-state index >= 15 is 0 Å². The van der Waals surface area contributed by atoms with Gasteiger partial charge in [0.2, 0.25) is 0 Å². The lowest BCUT2D eigenvalue weighted by molar-refractivity contribution is 1.04. The second kappa shape index (κ2) is 4.44. The van der Waals surface area contributed by atoms with Gasteiger partial charge >= 0.3 is 0 Å². The Balaban J connectivity index is 2.02. The van der Waals surface area contributed by atoms with Crippen LogP contribution in [-0.4, -0.2) is 15.2 Å². The van der Waals surface area contributed by atoms with Crippen LogP contribution >= 0.6 is 15.9 Å². The molecule has 0 amide bonds. The van der Waals surface area contributed by atoms with Gasteiger partial charge in [0.1, 0.15) is 10.4 Å². The molecule has 15 heavy (non-hydrogen) atoms. The highest BCUT2D eigenvalue weighted by Gasteiger charge is 2.00. The van der Waals surface area contributed by atoms with Gasteiger partial charge in [-0.05, 0) is 35.0 Å². The molecule has 4 nitrogen and oxygen atoms in total. The first-order chi connectivity index (χ1) is 7.25. The van der Waals surface area contributed by atoms with Crippen LogP contribution in [0.15, 0.2) is 29.0 Å². The molecule has 0 aromatic carbocycles. The Morgan fingerprint density at radius 2 is 2.33 bits per heavy atom. The number of rotatable bonds is 3. The Labute approximate surface area is 96.3 Å². The molecule has 0 saturated heterocycles. The number of aryl methyl sites for hydroxylation is 1. The fourth-order valence-electron chi connectivity index (χ4n) is 1.25. The predicted molar refractivity (Wildman–Crippen MR) is 62.6 cm³/mol. The van der Waals surface area contributed by atoms with Gasteiger partial charge in [-0.2, -0.15) is 5.10 Å². The van der Waals surface area contributed by atoms with Crippen molar-refractivity contribution in [2.75, 3.05) is 5.32 Å². The molecule has 2 N–H and O–H groups in total. The Kier molecular flexibility index (Phi) is 3.01. The summed E-state index contributed by atoms with van der Waals surface area (Å²) in [6, 6.07) is 5.77. The van der Waals surface area contributed by atoms with Crippen molar-refractivity contribution < 1.29 is 0 Å². The zero-order valence-electron chi connectivity index (χ0n) is 8.29. The zero-order chi connectivity index (χ0) is 10.7. The molecule has 0 atom stereocenters. The van der Waals surface area contributed by atoms with Gasteiger partial charge in [0, 0.05) is 17.8 Å². The van der Waals surface area contributed by atoms with Gasteiger partial charge in [-0.15, -0.1) is 0 Å². The molecule has 0 aliphatic rings. The molecule has 0 spiro atoms. The highest BCUT2D eigenvalue weighted by atomic mass is 79.9. The van der Waals surface area contributed by atoms with Gasteiger partial charge in [0.05, 0.1) is 6.20 Å². The minimum Gasteiger partial charge on any atom is -0.366 e. The number of hydrogen-bond donors (Lipinski definition) is 2. The lowest BCUT2D eigenvalue weighted by Crippen LogP contribution is -2.01. The minimum atomic E-state index is 0.728. The number of aromatic amines is 1. The van der Waals surface area contributed by atoms with Crippen molar-refractivity contribution >= 4 is 21.7 Å². The molecule has 2 rings (SSSR count). The summed E-state index contributed by atoms with van der Waals surface area (Å²) in [5.41, 5.74) is 2.23. The van der Waals surface area contributed by atoms with E-state index < -0.39 is 0 Å². The summed E-state index contributed by atoms with van der Waals surface area (Å²) >= 11 is 3.33. The largest absolute Gasteiger partial charge is 0.366 e. The third-order valence-electron chi connectivity index (χ3n) is 2.11. The average Bonchev–Trinajstić information content (AvgIpc) is 2.61. The number of pyridine rings is 1. The summed E-state index contributed by atoms with van der Waals surface area (Å²) < 4.78 is 0.830. The minimum absolute atomic E-state index is 0.728. The second-order valence-corrected chi connectivity index (χ2v) is 4.03. The molecular formula is C10H11BrN4. The fourth-order valence-corrected chi connectivity index (χ4v) is 1.59. The number of aromatic nitrogens is 3. The van der Waals surface area contributed by atoms with Gasteiger partial charge in [-0.3, -0.25) is 5.10 Å². The maximum absolute atomic E-state index is 4.28. The lowest BCUT2D eigenvalue weighted by Gasteiger charge is -2.04. The van der Waals surface area contributed by atoms with Crippen LogP contribution in [0.2, 0.25) is 0 Å². The monoisotopic (exact) mass is 266 g/mol. The molecule has 0 saturated carbocycles. The molecule has 78 valence electrons. The van der Waals surface area contributed by atoms with Gasteiger partial charge in [0.25, 0.3) is 0 Å². The summed E-state index contributed by atoms with van der Waals surface area (Å²) in [6.07, 6.45) is 1.82. The SMILES string of the molecule is Cc1[nH]ncc1CNc1cccc(Br)n1. The summed E-state index contributed by atoms with van der Waals surface area (Å²) in [5.74, 6) is 0.852. The predicted octanol–water partition coefficient (Wildman–Crippen LogP) is 2.49. The van der Waals surface area contributed by atoms with Gasteiger partial charge in [0.15, 0.2) is 0 Å². The van der Waals surface area contributed by atoms with E-state index in [0.717, 1.165) is 28.2 Å². The highest BCUT2D eigenvalue weighted by molar-refractivity contribution is 9.10. The van der Waals surface area contributed by atoms with Crippen LogP contribution in [0.25, 0.3) is 0 Å². The van der Waals surface area contributed by atoms with E-state index in [1.807, 2.05) is 31.3 Å². The highest BCUT2D eigenvalue weighted by Crippen LogP contribution is 2.11. The van der Waals surface area contributed by atoms with E-state index in [1.54, 1.807) is 0 Å². The van der Waals surface area contributed by atoms with Crippen LogP contribution < -0.4 is 5.32 Å². The Hall–Kier alpha value is -1.36. The number of hydrogen-bond acceptors (Lipinski definition) is 3. The van der Waals surface area contributed by atoms with E-state index in [0.29, 0.717) is 0 Å². The molecule has 0 aliphatic carbocycles. The molecule has 0 unspecified atom stereocenters. The zero-order valence-corrected chi connectivity index (χ0v) is 9.87. The number of halogens is 1. The van der Waals surface area contributed by atoms with E-state index in [4.69, 9.17) is 0 Å². The van der Waals surface area contributed by atoms with Gasteiger partial charge < -0.3 is 5.32 Å². The number of anilines is 1. The number of nitrogens with zero attached hydrogens (tertiary/aromatic N) is 2. The molecule has 2 heterocycles. The Morgan fingerprint density at radius 3 is 3.00 bits per heavy atom. The summed E-state index contributed by atoms with van der Waals surface area (Å²) in [7, 11) is 0. The topological polar surface area (TPSA) is 53.6 Å². The van der Waals surface area contributed by atoms with Crippen LogP contribution in [0.5, 0.6) is 0 Å². The number of nitrogens with one attached hydrogen (secondary N) is 2. The second-order valence-electron chi connectivity index (χ2n) is 3.22. The van der Waals surface area contributed by atoms with Crippen LogP contribution in [0.3, 0.4) is 0 Å². The maximum atomic E-state index is 4.28. The summed E-state index contributed by atoms with van der Waals surface area (Å²) in [6.45, 7) is 2.73. The molecule has 0 bridgehead atoms. The molecule has 0 aliphatic heterocycles. The Bertz CT molecular complexity index is 452. The van der Waals surface area contributed by atoms with Crippen molar-refractivity contribution in [3.05, 3.63) is 40.3 Å². The molecule has 2 aromatic rings. The van der Waals surface area contributed by atoms with E-state index in [-0.39, 0.29) is 0 Å². The smallest absolute Gasteiger partial charge is 0.127 e. The van der Waals surface area contributed by atoms with Crippen molar-refractivity contribution in [3.63, 3.8) is 0 Å². The van der Waals surface area contributed by atoms with Crippen molar-refractivity contribution in [1.29, 1.82) is 0 Å². The normalized spacial score (nSPS) is 10.3. The van der Waals surface area contributed by atoms with Crippen molar-refractivity contribution in [2.45, 2.75) is 13.5 Å². The lowest BCUT2D eigenvalue weighted by atomic mass is 10.2. The van der Waals surface area contributed by atoms with Crippen molar-refractivity contribution in [1.82, 2.24) is 15.2 Å². The molecule has 0 radical (unpaired) electrons. The molecule has 5 heteroatoms. The standard InChI is InChI=1S/C10H11BrN4/c1-7-8(6-13-15-7)5-12-10-4-2-3-9(11)14-10/h2-4,6H,5H2,1H3,(H,12,14)(H,13,15). The first-order valence-corrected chi connectivity index (χ1v) is 5.40. The third-order valence-corrected chi connectivity index (χ3v) is 2.55. The van der Waals surface area contributed by atoms with Crippen LogP contribution in [0.1, 0.15) is 11.3 Å². The average molecular weight is 267 g/mol. The molecular weight excluding hydrogens is 256 g/mol. The third kappa shape index (κ3) is 2.56. The fraction of sp³-hybridized carbons (Fsp3) is 0.200. The van der Waals surface area contributed by atoms with Crippen molar-refractivity contribution in [2.24, 2.45) is 0 Å². The molecule has 0 fully saturated rings. The first kappa shape index (κ1) is 10.2. The maximum Gasteiger partial charge on any atom is 0.127 e. The van der Waals surface area contributed by atoms with Crippen molar-refractivity contribution in [3.8, 4) is 0 Å². The van der Waals surface area contributed by atoms with Gasteiger partial charge in [-0.1, -0.05) is 6.07 Å². The quantitative estimate of drug-likeness (QED) is 0.840. The number of H-pyrrole nitrogens is 1. The Morgan fingerprint density at radius 1 is 1.47 bits per heavy atom. The van der Waals surface area contributed by atoms with Crippen LogP contribution in [0, 0.1) is 6.92 Å². The summed E-state index contributed by atoms with van der Waals surface area (Å²) in [5, 5.41) is 10.1. The van der Waals surface area contributed by atoms with E-state index in [2.05, 4.69) is 36.4 Å². The van der Waals surface area contributed by atoms with Crippen LogP contribution in [0.4, 0.5) is 5.82 Å². The van der Waals surface area contributed by atoms with E-state index in [1.165, 1.54) is 0 Å². The van der Waals surface area contributed by atoms with Crippen LogP contribution in [-0.2, 0) is 6.54 Å². The summed E-state index contributed by atoms with van der Waals surface area (Å²) in [4.78, 5) is 4.28. The first-order valence-electron chi connectivity index (χ1n) is 4.61.